The Morgan fingerprint density at radius 3 is 2.50 bits per heavy atom. The highest BCUT2D eigenvalue weighted by molar-refractivity contribution is 8.00. The Balaban J connectivity index is 1.11. The maximum Gasteiger partial charge on any atom is 0.338 e. The number of carbonyl (C=O) groups excluding carboxylic acids is 4. The SMILES string of the molecule is CCOC(=O)c1ccc(N2C(=O)C3C4CC(C3C2=O)C2C4Sc3[nH]c(=O)sc3[C@@H]2c2cc(Cl)ccc2OCC(=O)Nc2cccc(C)c2)cc1. The lowest BCUT2D eigenvalue weighted by Crippen LogP contribution is -2.42. The van der Waals surface area contributed by atoms with Gasteiger partial charge in [-0.05, 0) is 98.2 Å². The molecule has 2 N–H and O–H groups in total. The molecule has 1 aromatic heterocycles. The standard InChI is InChI=1S/C37H32ClN3O7S2/c1-3-47-36(45)18-7-10-21(11-8-18)41-34(43)29-23-15-24(30(29)35(41)44)31-28(23)27(32-33(49-31)40-37(46)50-32)22-14-19(38)9-12-25(22)48-16-26(42)39-20-6-4-5-17(2)13-20/h4-14,23-24,27-31H,3,15-16H2,1-2H3,(H,39,42)(H,40,46)/t23?,24?,27-,28?,29?,30?,31?/m1/s1. The van der Waals surface area contributed by atoms with Crippen molar-refractivity contribution >= 4 is 69.8 Å². The van der Waals surface area contributed by atoms with E-state index < -0.39 is 17.8 Å². The molecule has 3 fully saturated rings. The molecule has 7 atom stereocenters. The van der Waals surface area contributed by atoms with Crippen LogP contribution in [-0.4, -0.2) is 47.1 Å². The number of H-pyrrole nitrogens is 1. The Morgan fingerprint density at radius 2 is 1.76 bits per heavy atom. The number of thioether (sulfide) groups is 1. The van der Waals surface area contributed by atoms with Gasteiger partial charge in [0.2, 0.25) is 11.8 Å². The minimum absolute atomic E-state index is 0.0525. The molecule has 8 rings (SSSR count). The van der Waals surface area contributed by atoms with E-state index in [1.54, 1.807) is 55.1 Å². The predicted octanol–water partition coefficient (Wildman–Crippen LogP) is 6.27. The molecule has 256 valence electrons. The summed E-state index contributed by atoms with van der Waals surface area (Å²) in [4.78, 5) is 71.2. The van der Waals surface area contributed by atoms with Gasteiger partial charge in [-0.3, -0.25) is 24.1 Å². The van der Waals surface area contributed by atoms with E-state index in [0.717, 1.165) is 32.4 Å². The summed E-state index contributed by atoms with van der Waals surface area (Å²) in [6.07, 6.45) is 0.704. The number of ether oxygens (including phenoxy) is 2. The number of aryl methyl sites for hydroxylation is 1. The van der Waals surface area contributed by atoms with Crippen molar-refractivity contribution in [1.82, 2.24) is 4.98 Å². The van der Waals surface area contributed by atoms with Gasteiger partial charge in [-0.2, -0.15) is 0 Å². The van der Waals surface area contributed by atoms with Crippen LogP contribution in [0.4, 0.5) is 11.4 Å². The maximum absolute atomic E-state index is 14.2. The average Bonchev–Trinajstić information content (AvgIpc) is 3.83. The van der Waals surface area contributed by atoms with Crippen molar-refractivity contribution in [2.75, 3.05) is 23.4 Å². The van der Waals surface area contributed by atoms with Gasteiger partial charge in [0, 0.05) is 32.3 Å². The second kappa shape index (κ2) is 12.7. The molecule has 0 radical (unpaired) electrons. The Bertz CT molecular complexity index is 2110. The normalized spacial score (nSPS) is 26.0. The van der Waals surface area contributed by atoms with Crippen molar-refractivity contribution in [1.29, 1.82) is 0 Å². The van der Waals surface area contributed by atoms with Crippen LogP contribution in [0.15, 0.2) is 76.6 Å². The lowest BCUT2D eigenvalue weighted by molar-refractivity contribution is -0.123. The van der Waals surface area contributed by atoms with Crippen LogP contribution in [0.5, 0.6) is 5.75 Å². The van der Waals surface area contributed by atoms with Crippen LogP contribution in [0.1, 0.15) is 45.6 Å². The molecule has 0 spiro atoms. The number of aromatic nitrogens is 1. The van der Waals surface area contributed by atoms with E-state index in [0.29, 0.717) is 34.1 Å². The third kappa shape index (κ3) is 5.44. The number of hydrogen-bond donors (Lipinski definition) is 2. The van der Waals surface area contributed by atoms with Gasteiger partial charge in [-0.25, -0.2) is 4.79 Å². The first-order valence-corrected chi connectivity index (χ1v) is 18.5. The fourth-order valence-electron chi connectivity index (χ4n) is 8.54. The van der Waals surface area contributed by atoms with Gasteiger partial charge >= 0.3 is 10.8 Å². The molecule has 10 nitrogen and oxygen atoms in total. The number of aromatic amines is 1. The Labute approximate surface area is 300 Å². The lowest BCUT2D eigenvalue weighted by atomic mass is 9.68. The third-order valence-electron chi connectivity index (χ3n) is 10.3. The van der Waals surface area contributed by atoms with Gasteiger partial charge in [0.15, 0.2) is 6.61 Å². The predicted molar refractivity (Wildman–Crippen MR) is 190 cm³/mol. The van der Waals surface area contributed by atoms with E-state index in [1.807, 2.05) is 37.3 Å². The zero-order chi connectivity index (χ0) is 34.8. The van der Waals surface area contributed by atoms with Gasteiger partial charge in [-0.15, -0.1) is 11.8 Å². The van der Waals surface area contributed by atoms with Crippen molar-refractivity contribution in [2.24, 2.45) is 29.6 Å². The first-order chi connectivity index (χ1) is 24.1. The monoisotopic (exact) mass is 729 g/mol. The van der Waals surface area contributed by atoms with E-state index in [4.69, 9.17) is 21.1 Å². The van der Waals surface area contributed by atoms with Crippen LogP contribution in [0, 0.1) is 36.5 Å². The van der Waals surface area contributed by atoms with Crippen LogP contribution in [0.2, 0.25) is 5.02 Å². The summed E-state index contributed by atoms with van der Waals surface area (Å²) in [5.74, 6) is -2.52. The van der Waals surface area contributed by atoms with E-state index in [9.17, 15) is 24.0 Å². The van der Waals surface area contributed by atoms with Crippen molar-refractivity contribution in [3.8, 4) is 5.75 Å². The van der Waals surface area contributed by atoms with Gasteiger partial charge in [0.05, 0.1) is 34.7 Å². The quantitative estimate of drug-likeness (QED) is 0.160. The molecular weight excluding hydrogens is 698 g/mol. The first-order valence-electron chi connectivity index (χ1n) is 16.5. The number of benzene rings is 3. The molecule has 6 unspecified atom stereocenters. The minimum atomic E-state index is -0.526. The van der Waals surface area contributed by atoms with Crippen molar-refractivity contribution in [3.05, 3.63) is 103 Å². The number of esters is 1. The highest BCUT2D eigenvalue weighted by Crippen LogP contribution is 2.69. The summed E-state index contributed by atoms with van der Waals surface area (Å²) in [6, 6.07) is 19.1. The molecular formula is C37H32ClN3O7S2. The van der Waals surface area contributed by atoms with Crippen molar-refractivity contribution in [3.63, 3.8) is 0 Å². The van der Waals surface area contributed by atoms with E-state index in [2.05, 4.69) is 10.3 Å². The zero-order valence-electron chi connectivity index (χ0n) is 27.0. The van der Waals surface area contributed by atoms with Gasteiger partial charge < -0.3 is 19.8 Å². The van der Waals surface area contributed by atoms with Crippen LogP contribution >= 0.6 is 34.7 Å². The first kappa shape index (κ1) is 32.8. The number of amides is 3. The van der Waals surface area contributed by atoms with E-state index >= 15 is 0 Å². The highest BCUT2D eigenvalue weighted by atomic mass is 35.5. The molecule has 3 heterocycles. The number of anilines is 2. The topological polar surface area (TPSA) is 135 Å². The Hall–Kier alpha value is -4.39. The number of hydrogen-bond acceptors (Lipinski definition) is 9. The number of fused-ring (bicyclic) bond motifs is 9. The molecule has 13 heteroatoms. The average molecular weight is 730 g/mol. The number of thiazole rings is 1. The second-order valence-electron chi connectivity index (χ2n) is 13.1. The van der Waals surface area contributed by atoms with E-state index in [1.165, 1.54) is 4.90 Å². The molecule has 2 bridgehead atoms. The number of nitrogens with zero attached hydrogens (tertiary/aromatic N) is 1. The molecule has 2 saturated carbocycles. The largest absolute Gasteiger partial charge is 0.483 e. The molecule has 50 heavy (non-hydrogen) atoms. The van der Waals surface area contributed by atoms with Crippen LogP contribution < -0.4 is 19.8 Å². The molecule has 4 aliphatic rings. The number of imide groups is 1. The molecule has 4 aromatic rings. The number of nitrogens with one attached hydrogen (secondary N) is 2. The minimum Gasteiger partial charge on any atom is -0.483 e. The summed E-state index contributed by atoms with van der Waals surface area (Å²) >= 11 is 9.32. The fourth-order valence-corrected chi connectivity index (χ4v) is 11.6. The molecule has 1 saturated heterocycles. The van der Waals surface area contributed by atoms with Crippen LogP contribution in [0.25, 0.3) is 0 Å². The van der Waals surface area contributed by atoms with E-state index in [-0.39, 0.29) is 64.7 Å². The Kier molecular flexibility index (Phi) is 8.35. The summed E-state index contributed by atoms with van der Waals surface area (Å²) < 4.78 is 11.3. The number of rotatable bonds is 8. The summed E-state index contributed by atoms with van der Waals surface area (Å²) in [5.41, 5.74) is 3.18. The smallest absolute Gasteiger partial charge is 0.338 e. The fraction of sp³-hybridized carbons (Fsp3) is 0.324. The Morgan fingerprint density at radius 1 is 1.00 bits per heavy atom. The molecule has 3 aromatic carbocycles. The van der Waals surface area contributed by atoms with Crippen molar-refractivity contribution < 1.29 is 28.7 Å². The molecule has 3 amide bonds. The lowest BCUT2D eigenvalue weighted by Gasteiger charge is -2.43. The zero-order valence-corrected chi connectivity index (χ0v) is 29.4. The molecule has 2 aliphatic heterocycles. The highest BCUT2D eigenvalue weighted by Gasteiger charge is 2.70. The summed E-state index contributed by atoms with van der Waals surface area (Å²) in [5, 5.41) is 4.05. The number of halogens is 1. The van der Waals surface area contributed by atoms with Crippen LogP contribution in [0.3, 0.4) is 0 Å². The van der Waals surface area contributed by atoms with Gasteiger partial charge in [0.1, 0.15) is 5.75 Å². The van der Waals surface area contributed by atoms with Gasteiger partial charge in [-0.1, -0.05) is 35.1 Å². The third-order valence-corrected chi connectivity index (χ3v) is 13.2. The maximum atomic E-state index is 14.2. The second-order valence-corrected chi connectivity index (χ2v) is 15.8. The van der Waals surface area contributed by atoms with Gasteiger partial charge in [0.25, 0.3) is 5.91 Å². The van der Waals surface area contributed by atoms with Crippen molar-refractivity contribution in [2.45, 2.75) is 36.5 Å². The van der Waals surface area contributed by atoms with Crippen LogP contribution in [-0.2, 0) is 19.1 Å². The number of carbonyl (C=O) groups is 4. The molecule has 2 aliphatic carbocycles. The summed E-state index contributed by atoms with van der Waals surface area (Å²) in [6.45, 7) is 3.66. The summed E-state index contributed by atoms with van der Waals surface area (Å²) in [7, 11) is 0.